The van der Waals surface area contributed by atoms with Crippen molar-refractivity contribution in [1.82, 2.24) is 0 Å². The molecule has 0 unspecified atom stereocenters. The van der Waals surface area contributed by atoms with E-state index in [2.05, 4.69) is 10.1 Å². The van der Waals surface area contributed by atoms with Crippen LogP contribution in [0.15, 0.2) is 54.6 Å². The molecule has 0 radical (unpaired) electrons. The SMILES string of the molecule is O=C(/C=C/C(=O)c1ccc(F)c(F)c1)Nc1ccc(OC(F)F)cc1. The van der Waals surface area contributed by atoms with Crippen LogP contribution in [0.5, 0.6) is 5.75 Å². The van der Waals surface area contributed by atoms with Crippen LogP contribution in [0.25, 0.3) is 0 Å². The van der Waals surface area contributed by atoms with Crippen LogP contribution in [0, 0.1) is 11.6 Å². The zero-order valence-corrected chi connectivity index (χ0v) is 12.5. The fourth-order valence-corrected chi connectivity index (χ4v) is 1.80. The quantitative estimate of drug-likeness (QED) is 0.486. The molecule has 0 atom stereocenters. The second-order valence-corrected chi connectivity index (χ2v) is 4.72. The van der Waals surface area contributed by atoms with Gasteiger partial charge in [0.2, 0.25) is 5.91 Å². The predicted molar refractivity (Wildman–Crippen MR) is 81.5 cm³/mol. The van der Waals surface area contributed by atoms with Gasteiger partial charge >= 0.3 is 6.61 Å². The third kappa shape index (κ3) is 5.45. The number of alkyl halides is 2. The first-order valence-electron chi connectivity index (χ1n) is 6.88. The van der Waals surface area contributed by atoms with Crippen LogP contribution in [-0.4, -0.2) is 18.3 Å². The molecule has 4 nitrogen and oxygen atoms in total. The number of benzene rings is 2. The first kappa shape index (κ1) is 18.2. The van der Waals surface area contributed by atoms with Gasteiger partial charge in [-0.25, -0.2) is 8.78 Å². The van der Waals surface area contributed by atoms with Gasteiger partial charge in [0, 0.05) is 17.3 Å². The van der Waals surface area contributed by atoms with Crippen LogP contribution in [0.2, 0.25) is 0 Å². The van der Waals surface area contributed by atoms with E-state index < -0.39 is 29.9 Å². The number of carbonyl (C=O) groups excluding carboxylic acids is 2. The summed E-state index contributed by atoms with van der Waals surface area (Å²) >= 11 is 0. The van der Waals surface area contributed by atoms with Crippen molar-refractivity contribution in [2.75, 3.05) is 5.32 Å². The Morgan fingerprint density at radius 3 is 2.24 bits per heavy atom. The Hall–Kier alpha value is -3.16. The van der Waals surface area contributed by atoms with E-state index in [1.165, 1.54) is 24.3 Å². The van der Waals surface area contributed by atoms with Gasteiger partial charge in [-0.05, 0) is 48.5 Å². The Morgan fingerprint density at radius 1 is 0.960 bits per heavy atom. The minimum absolute atomic E-state index is 0.0722. The second kappa shape index (κ2) is 8.09. The van der Waals surface area contributed by atoms with E-state index in [4.69, 9.17) is 0 Å². The van der Waals surface area contributed by atoms with Crippen molar-refractivity contribution in [3.05, 3.63) is 71.8 Å². The number of halogens is 4. The number of hydrogen-bond donors (Lipinski definition) is 1. The molecule has 25 heavy (non-hydrogen) atoms. The molecule has 0 aliphatic heterocycles. The van der Waals surface area contributed by atoms with Gasteiger partial charge in [-0.15, -0.1) is 0 Å². The number of anilines is 1. The maximum atomic E-state index is 13.0. The fraction of sp³-hybridized carbons (Fsp3) is 0.0588. The van der Waals surface area contributed by atoms with Crippen molar-refractivity contribution in [3.8, 4) is 5.75 Å². The Morgan fingerprint density at radius 2 is 1.64 bits per heavy atom. The van der Waals surface area contributed by atoms with Crippen molar-refractivity contribution >= 4 is 17.4 Å². The molecule has 0 saturated heterocycles. The number of ether oxygens (including phenoxy) is 1. The number of amides is 1. The predicted octanol–water partition coefficient (Wildman–Crippen LogP) is 3.94. The largest absolute Gasteiger partial charge is 0.435 e. The van der Waals surface area contributed by atoms with Crippen LogP contribution in [-0.2, 0) is 4.79 Å². The summed E-state index contributed by atoms with van der Waals surface area (Å²) in [4.78, 5) is 23.5. The molecule has 0 aromatic heterocycles. The number of nitrogens with one attached hydrogen (secondary N) is 1. The molecule has 0 heterocycles. The van der Waals surface area contributed by atoms with Gasteiger partial charge < -0.3 is 10.1 Å². The van der Waals surface area contributed by atoms with Crippen molar-refractivity contribution in [1.29, 1.82) is 0 Å². The summed E-state index contributed by atoms with van der Waals surface area (Å²) in [5, 5.41) is 2.39. The zero-order valence-electron chi connectivity index (χ0n) is 12.5. The molecular formula is C17H11F4NO3. The Kier molecular flexibility index (Phi) is 5.89. The maximum Gasteiger partial charge on any atom is 0.387 e. The van der Waals surface area contributed by atoms with Gasteiger partial charge in [0.25, 0.3) is 0 Å². The van der Waals surface area contributed by atoms with Crippen LogP contribution in [0.3, 0.4) is 0 Å². The first-order valence-corrected chi connectivity index (χ1v) is 6.88. The summed E-state index contributed by atoms with van der Waals surface area (Å²) in [5.74, 6) is -3.68. The Labute approximate surface area is 139 Å². The standard InChI is InChI=1S/C17H11F4NO3/c18-13-6-1-10(9-14(13)19)15(23)7-8-16(24)22-11-2-4-12(5-3-11)25-17(20)21/h1-9,17H,(H,22,24)/b8-7+. The molecule has 2 aromatic rings. The van der Waals surface area contributed by atoms with Gasteiger partial charge in [-0.1, -0.05) is 0 Å². The van der Waals surface area contributed by atoms with Crippen molar-refractivity contribution in [3.63, 3.8) is 0 Å². The van der Waals surface area contributed by atoms with Crippen LogP contribution < -0.4 is 10.1 Å². The van der Waals surface area contributed by atoms with Crippen LogP contribution in [0.4, 0.5) is 23.2 Å². The van der Waals surface area contributed by atoms with Gasteiger partial charge in [0.05, 0.1) is 0 Å². The lowest BCUT2D eigenvalue weighted by Crippen LogP contribution is -2.09. The summed E-state index contributed by atoms with van der Waals surface area (Å²) in [5.41, 5.74) is 0.174. The molecular weight excluding hydrogens is 342 g/mol. The molecule has 0 fully saturated rings. The summed E-state index contributed by atoms with van der Waals surface area (Å²) in [6.45, 7) is -2.95. The van der Waals surface area contributed by atoms with Crippen molar-refractivity contribution in [2.24, 2.45) is 0 Å². The topological polar surface area (TPSA) is 55.4 Å². The smallest absolute Gasteiger partial charge is 0.387 e. The molecule has 2 rings (SSSR count). The van der Waals surface area contributed by atoms with Crippen LogP contribution in [0.1, 0.15) is 10.4 Å². The van der Waals surface area contributed by atoms with E-state index in [-0.39, 0.29) is 17.0 Å². The molecule has 0 aliphatic carbocycles. The van der Waals surface area contributed by atoms with E-state index in [0.717, 1.165) is 30.4 Å². The van der Waals surface area contributed by atoms with Gasteiger partial charge in [-0.3, -0.25) is 9.59 Å². The van der Waals surface area contributed by atoms with Crippen molar-refractivity contribution in [2.45, 2.75) is 6.61 Å². The average molecular weight is 353 g/mol. The summed E-state index contributed by atoms with van der Waals surface area (Å²) < 4.78 is 54.0. The second-order valence-electron chi connectivity index (χ2n) is 4.72. The monoisotopic (exact) mass is 353 g/mol. The normalized spacial score (nSPS) is 10.9. The highest BCUT2D eigenvalue weighted by atomic mass is 19.3. The number of rotatable bonds is 6. The lowest BCUT2D eigenvalue weighted by Gasteiger charge is -2.06. The van der Waals surface area contributed by atoms with E-state index in [0.29, 0.717) is 0 Å². The molecule has 0 bridgehead atoms. The number of allylic oxidation sites excluding steroid dienone is 1. The van der Waals surface area contributed by atoms with Crippen LogP contribution >= 0.6 is 0 Å². The number of carbonyl (C=O) groups is 2. The van der Waals surface area contributed by atoms with E-state index in [1.54, 1.807) is 0 Å². The number of ketones is 1. The highest BCUT2D eigenvalue weighted by Gasteiger charge is 2.08. The summed E-state index contributed by atoms with van der Waals surface area (Å²) in [6.07, 6.45) is 1.81. The third-order valence-electron chi connectivity index (χ3n) is 2.94. The third-order valence-corrected chi connectivity index (χ3v) is 2.94. The van der Waals surface area contributed by atoms with Gasteiger partial charge in [-0.2, -0.15) is 8.78 Å². The molecule has 8 heteroatoms. The highest BCUT2D eigenvalue weighted by Crippen LogP contribution is 2.17. The minimum Gasteiger partial charge on any atom is -0.435 e. The average Bonchev–Trinajstić information content (AvgIpc) is 2.56. The molecule has 1 N–H and O–H groups in total. The lowest BCUT2D eigenvalue weighted by atomic mass is 10.1. The van der Waals surface area contributed by atoms with E-state index in [1.807, 2.05) is 0 Å². The lowest BCUT2D eigenvalue weighted by molar-refractivity contribution is -0.111. The van der Waals surface area contributed by atoms with Gasteiger partial charge in [0.1, 0.15) is 5.75 Å². The molecule has 0 spiro atoms. The molecule has 1 amide bonds. The molecule has 0 aliphatic rings. The minimum atomic E-state index is -2.95. The maximum absolute atomic E-state index is 13.0. The molecule has 0 saturated carbocycles. The Bertz CT molecular complexity index is 804. The first-order chi connectivity index (χ1) is 11.8. The number of hydrogen-bond acceptors (Lipinski definition) is 3. The summed E-state index contributed by atoms with van der Waals surface area (Å²) in [6, 6.07) is 7.75. The van der Waals surface area contributed by atoms with Crippen molar-refractivity contribution < 1.29 is 31.9 Å². The van der Waals surface area contributed by atoms with Gasteiger partial charge in [0.15, 0.2) is 17.4 Å². The molecule has 2 aromatic carbocycles. The zero-order chi connectivity index (χ0) is 18.4. The fourth-order valence-electron chi connectivity index (χ4n) is 1.80. The Balaban J connectivity index is 1.95. The van der Waals surface area contributed by atoms with E-state index in [9.17, 15) is 27.2 Å². The van der Waals surface area contributed by atoms with E-state index >= 15 is 0 Å². The molecule has 130 valence electrons. The summed E-state index contributed by atoms with van der Waals surface area (Å²) in [7, 11) is 0. The highest BCUT2D eigenvalue weighted by molar-refractivity contribution is 6.09.